The number of aliphatic hydroxyl groups is 2. The molecule has 0 aliphatic carbocycles. The van der Waals surface area contributed by atoms with E-state index in [2.05, 4.69) is 0 Å². The van der Waals surface area contributed by atoms with Crippen LogP contribution in [0.1, 0.15) is 39.5 Å². The van der Waals surface area contributed by atoms with E-state index in [0.29, 0.717) is 0 Å². The first kappa shape index (κ1) is 21.4. The standard InChI is InChI=1S/C12H18F8O2/c1-3-7(21)5-9(13,14)11(17,18)12(19,20)10(15,16)6-8(22)4-2/h7-8,21-22H,3-6H2,1-2H3. The van der Waals surface area contributed by atoms with Gasteiger partial charge in [-0.25, -0.2) is 0 Å². The third kappa shape index (κ3) is 4.01. The van der Waals surface area contributed by atoms with Crippen LogP contribution < -0.4 is 0 Å². The smallest absolute Gasteiger partial charge is 0.378 e. The SMILES string of the molecule is CCC(O)CC(F)(F)C(F)(F)C(F)(F)C(F)(F)CC(O)CC. The van der Waals surface area contributed by atoms with Crippen LogP contribution >= 0.6 is 0 Å². The Hall–Kier alpha value is -0.640. The summed E-state index contributed by atoms with van der Waals surface area (Å²) in [4.78, 5) is 0. The van der Waals surface area contributed by atoms with Gasteiger partial charge in [-0.05, 0) is 12.8 Å². The van der Waals surface area contributed by atoms with Crippen molar-refractivity contribution in [1.29, 1.82) is 0 Å². The Labute approximate surface area is 122 Å². The molecule has 2 atom stereocenters. The molecule has 0 aromatic carbocycles. The normalized spacial score (nSPS) is 17.5. The topological polar surface area (TPSA) is 40.5 Å². The maximum Gasteiger partial charge on any atom is 0.378 e. The summed E-state index contributed by atoms with van der Waals surface area (Å²) in [7, 11) is 0. The van der Waals surface area contributed by atoms with Crippen molar-refractivity contribution in [2.75, 3.05) is 0 Å². The molecule has 0 bridgehead atoms. The van der Waals surface area contributed by atoms with Gasteiger partial charge in [-0.15, -0.1) is 0 Å². The molecule has 10 heteroatoms. The predicted molar refractivity (Wildman–Crippen MR) is 61.6 cm³/mol. The lowest BCUT2D eigenvalue weighted by Gasteiger charge is -2.38. The van der Waals surface area contributed by atoms with Crippen molar-refractivity contribution >= 4 is 0 Å². The summed E-state index contributed by atoms with van der Waals surface area (Å²) >= 11 is 0. The van der Waals surface area contributed by atoms with Gasteiger partial charge in [0.2, 0.25) is 0 Å². The van der Waals surface area contributed by atoms with E-state index in [1.807, 2.05) is 0 Å². The Morgan fingerprint density at radius 2 is 0.864 bits per heavy atom. The van der Waals surface area contributed by atoms with Crippen molar-refractivity contribution in [2.24, 2.45) is 0 Å². The summed E-state index contributed by atoms with van der Waals surface area (Å²) in [6.07, 6.45) is -9.15. The first-order chi connectivity index (χ1) is 9.66. The van der Waals surface area contributed by atoms with Crippen molar-refractivity contribution in [3.05, 3.63) is 0 Å². The summed E-state index contributed by atoms with van der Waals surface area (Å²) in [6.45, 7) is 2.26. The lowest BCUT2D eigenvalue weighted by molar-refractivity contribution is -0.372. The van der Waals surface area contributed by atoms with E-state index in [1.165, 1.54) is 0 Å². The molecule has 0 heterocycles. The molecule has 0 fully saturated rings. The van der Waals surface area contributed by atoms with Gasteiger partial charge in [0.25, 0.3) is 0 Å². The summed E-state index contributed by atoms with van der Waals surface area (Å²) in [5, 5.41) is 17.8. The summed E-state index contributed by atoms with van der Waals surface area (Å²) in [5.41, 5.74) is 0. The quantitative estimate of drug-likeness (QED) is 0.623. The van der Waals surface area contributed by atoms with Crippen LogP contribution in [0.15, 0.2) is 0 Å². The van der Waals surface area contributed by atoms with Gasteiger partial charge in [-0.2, -0.15) is 35.1 Å². The van der Waals surface area contributed by atoms with Gasteiger partial charge in [-0.1, -0.05) is 13.8 Å². The molecule has 0 rings (SSSR count). The third-order valence-electron chi connectivity index (χ3n) is 3.24. The molecule has 0 amide bonds. The van der Waals surface area contributed by atoms with Crippen LogP contribution in [0.2, 0.25) is 0 Å². The predicted octanol–water partition coefficient (Wildman–Crippen LogP) is 3.85. The van der Waals surface area contributed by atoms with E-state index < -0.39 is 61.6 Å². The van der Waals surface area contributed by atoms with Gasteiger partial charge in [0.05, 0.1) is 12.2 Å². The zero-order chi connectivity index (χ0) is 18.0. The average Bonchev–Trinajstić information content (AvgIpc) is 2.36. The highest BCUT2D eigenvalue weighted by Gasteiger charge is 2.80. The Morgan fingerprint density at radius 3 is 1.05 bits per heavy atom. The fraction of sp³-hybridized carbons (Fsp3) is 1.00. The Morgan fingerprint density at radius 1 is 0.636 bits per heavy atom. The second kappa shape index (κ2) is 6.86. The fourth-order valence-corrected chi connectivity index (χ4v) is 1.60. The van der Waals surface area contributed by atoms with Crippen LogP contribution in [0, 0.1) is 0 Å². The molecule has 0 aliphatic heterocycles. The number of hydrogen-bond donors (Lipinski definition) is 2. The largest absolute Gasteiger partial charge is 0.393 e. The molecule has 2 N–H and O–H groups in total. The van der Waals surface area contributed by atoms with Crippen molar-refractivity contribution in [1.82, 2.24) is 0 Å². The second-order valence-corrected chi connectivity index (χ2v) is 5.09. The van der Waals surface area contributed by atoms with Crippen molar-refractivity contribution in [2.45, 2.75) is 75.4 Å². The highest BCUT2D eigenvalue weighted by Crippen LogP contribution is 2.55. The van der Waals surface area contributed by atoms with Crippen molar-refractivity contribution in [3.63, 3.8) is 0 Å². The van der Waals surface area contributed by atoms with Gasteiger partial charge in [0, 0.05) is 12.8 Å². The molecule has 0 saturated heterocycles. The molecule has 0 aromatic rings. The van der Waals surface area contributed by atoms with Crippen LogP contribution in [-0.4, -0.2) is 46.1 Å². The number of alkyl halides is 8. The number of hydrogen-bond acceptors (Lipinski definition) is 2. The molecule has 0 spiro atoms. The lowest BCUT2D eigenvalue weighted by Crippen LogP contribution is -2.63. The van der Waals surface area contributed by atoms with Crippen LogP contribution in [0.3, 0.4) is 0 Å². The fourth-order valence-electron chi connectivity index (χ4n) is 1.60. The first-order valence-corrected chi connectivity index (χ1v) is 6.53. The van der Waals surface area contributed by atoms with E-state index in [9.17, 15) is 35.1 Å². The number of halogens is 8. The van der Waals surface area contributed by atoms with Crippen LogP contribution in [-0.2, 0) is 0 Å². The minimum atomic E-state index is -6.40. The van der Waals surface area contributed by atoms with E-state index in [4.69, 9.17) is 10.2 Å². The summed E-state index contributed by atoms with van der Waals surface area (Å²) in [6, 6.07) is 0. The maximum atomic E-state index is 13.4. The second-order valence-electron chi connectivity index (χ2n) is 5.09. The highest BCUT2D eigenvalue weighted by molar-refractivity contribution is 5.04. The van der Waals surface area contributed by atoms with E-state index in [1.54, 1.807) is 0 Å². The van der Waals surface area contributed by atoms with Crippen molar-refractivity contribution in [3.8, 4) is 0 Å². The van der Waals surface area contributed by atoms with Gasteiger partial charge >= 0.3 is 23.7 Å². The Balaban J connectivity index is 5.54. The Kier molecular flexibility index (Phi) is 6.66. The van der Waals surface area contributed by atoms with Gasteiger partial charge < -0.3 is 10.2 Å². The maximum absolute atomic E-state index is 13.4. The number of aliphatic hydroxyl groups excluding tert-OH is 2. The van der Waals surface area contributed by atoms with Crippen LogP contribution in [0.5, 0.6) is 0 Å². The molecule has 2 unspecified atom stereocenters. The van der Waals surface area contributed by atoms with Crippen molar-refractivity contribution < 1.29 is 45.3 Å². The van der Waals surface area contributed by atoms with E-state index in [0.717, 1.165) is 13.8 Å². The van der Waals surface area contributed by atoms with Gasteiger partial charge in [-0.3, -0.25) is 0 Å². The van der Waals surface area contributed by atoms with E-state index in [-0.39, 0.29) is 0 Å². The molecule has 0 aliphatic rings. The average molecular weight is 346 g/mol. The van der Waals surface area contributed by atoms with Crippen LogP contribution in [0.25, 0.3) is 0 Å². The zero-order valence-corrected chi connectivity index (χ0v) is 11.9. The minimum absolute atomic E-state index is 0.442. The van der Waals surface area contributed by atoms with Gasteiger partial charge in [0.15, 0.2) is 0 Å². The molecule has 134 valence electrons. The molecule has 0 saturated carbocycles. The monoisotopic (exact) mass is 346 g/mol. The third-order valence-corrected chi connectivity index (χ3v) is 3.24. The molecular weight excluding hydrogens is 328 g/mol. The summed E-state index contributed by atoms with van der Waals surface area (Å²) < 4.78 is 107. The minimum Gasteiger partial charge on any atom is -0.393 e. The lowest BCUT2D eigenvalue weighted by atomic mass is 9.91. The van der Waals surface area contributed by atoms with E-state index >= 15 is 0 Å². The molecule has 22 heavy (non-hydrogen) atoms. The molecule has 2 nitrogen and oxygen atoms in total. The zero-order valence-electron chi connectivity index (χ0n) is 11.9. The van der Waals surface area contributed by atoms with Gasteiger partial charge in [0.1, 0.15) is 0 Å². The highest BCUT2D eigenvalue weighted by atomic mass is 19.4. The molecular formula is C12H18F8O2. The summed E-state index contributed by atoms with van der Waals surface area (Å²) in [5.74, 6) is -23.9. The first-order valence-electron chi connectivity index (χ1n) is 6.53. The Bertz CT molecular complexity index is 325. The van der Waals surface area contributed by atoms with Crippen LogP contribution in [0.4, 0.5) is 35.1 Å². The number of rotatable bonds is 9. The molecule has 0 aromatic heterocycles. The molecule has 0 radical (unpaired) electrons.